The number of pyridine rings is 1. The molecule has 1 aliphatic heterocycles. The summed E-state index contributed by atoms with van der Waals surface area (Å²) in [5.74, 6) is -0.697. The summed E-state index contributed by atoms with van der Waals surface area (Å²) in [7, 11) is 0. The van der Waals surface area contributed by atoms with Crippen LogP contribution in [-0.2, 0) is 4.79 Å². The molecule has 1 unspecified atom stereocenters. The van der Waals surface area contributed by atoms with Crippen LogP contribution in [0, 0.1) is 0 Å². The SMILES string of the molecule is CC1CN(C(=O)c2ccccc2)CCN1C(=O)C(=O)c1ccc(-n2cccn2)nc1. The average molecular weight is 403 g/mol. The number of carbonyl (C=O) groups excluding carboxylic acids is 3. The molecule has 8 heteroatoms. The molecule has 4 rings (SSSR count). The molecule has 152 valence electrons. The molecular weight excluding hydrogens is 382 g/mol. The number of ketones is 1. The van der Waals surface area contributed by atoms with Gasteiger partial charge < -0.3 is 9.80 Å². The van der Waals surface area contributed by atoms with Crippen LogP contribution in [0.15, 0.2) is 67.1 Å². The summed E-state index contributed by atoms with van der Waals surface area (Å²) < 4.78 is 1.57. The highest BCUT2D eigenvalue weighted by atomic mass is 16.2. The van der Waals surface area contributed by atoms with Gasteiger partial charge in [-0.1, -0.05) is 18.2 Å². The topological polar surface area (TPSA) is 88.4 Å². The Hall–Kier alpha value is -3.81. The minimum atomic E-state index is -0.607. The van der Waals surface area contributed by atoms with Gasteiger partial charge in [0, 0.05) is 55.4 Å². The maximum absolute atomic E-state index is 12.8. The molecule has 0 bridgehead atoms. The van der Waals surface area contributed by atoms with Crippen molar-refractivity contribution in [2.24, 2.45) is 0 Å². The average Bonchev–Trinajstić information content (AvgIpc) is 3.33. The normalized spacial score (nSPS) is 16.4. The third-order valence-corrected chi connectivity index (χ3v) is 5.14. The van der Waals surface area contributed by atoms with Crippen LogP contribution in [0.2, 0.25) is 0 Å². The van der Waals surface area contributed by atoms with E-state index in [-0.39, 0.29) is 17.5 Å². The van der Waals surface area contributed by atoms with E-state index in [1.807, 2.05) is 25.1 Å². The molecule has 0 aliphatic carbocycles. The molecule has 0 saturated carbocycles. The van der Waals surface area contributed by atoms with Crippen molar-refractivity contribution >= 4 is 17.6 Å². The van der Waals surface area contributed by atoms with Crippen molar-refractivity contribution in [2.45, 2.75) is 13.0 Å². The van der Waals surface area contributed by atoms with Crippen LogP contribution in [0.4, 0.5) is 0 Å². The zero-order valence-electron chi connectivity index (χ0n) is 16.5. The molecule has 0 N–H and O–H groups in total. The zero-order chi connectivity index (χ0) is 21.1. The van der Waals surface area contributed by atoms with Crippen molar-refractivity contribution < 1.29 is 14.4 Å². The number of piperazine rings is 1. The molecule has 30 heavy (non-hydrogen) atoms. The van der Waals surface area contributed by atoms with Gasteiger partial charge in [-0.15, -0.1) is 0 Å². The number of amides is 2. The lowest BCUT2D eigenvalue weighted by Crippen LogP contribution is -2.56. The Balaban J connectivity index is 1.41. The Labute approximate surface area is 173 Å². The van der Waals surface area contributed by atoms with Crippen molar-refractivity contribution in [3.63, 3.8) is 0 Å². The molecule has 1 fully saturated rings. The summed E-state index contributed by atoms with van der Waals surface area (Å²) in [5.41, 5.74) is 0.842. The molecule has 0 spiro atoms. The first-order valence-electron chi connectivity index (χ1n) is 9.70. The lowest BCUT2D eigenvalue weighted by atomic mass is 10.1. The number of nitrogens with zero attached hydrogens (tertiary/aromatic N) is 5. The van der Waals surface area contributed by atoms with Crippen molar-refractivity contribution in [2.75, 3.05) is 19.6 Å². The van der Waals surface area contributed by atoms with Gasteiger partial charge >= 0.3 is 0 Å². The monoisotopic (exact) mass is 403 g/mol. The van der Waals surface area contributed by atoms with E-state index in [0.29, 0.717) is 31.0 Å². The van der Waals surface area contributed by atoms with E-state index in [0.717, 1.165) is 0 Å². The molecule has 8 nitrogen and oxygen atoms in total. The number of hydrogen-bond donors (Lipinski definition) is 0. The van der Waals surface area contributed by atoms with Crippen LogP contribution in [0.25, 0.3) is 5.82 Å². The summed E-state index contributed by atoms with van der Waals surface area (Å²) in [6.45, 7) is 2.91. The second-order valence-electron chi connectivity index (χ2n) is 7.15. The standard InChI is InChI=1S/C22H21N5O3/c1-16-15-25(21(29)17-6-3-2-4-7-17)12-13-26(16)22(30)20(28)18-8-9-19(23-14-18)27-11-5-10-24-27/h2-11,14,16H,12-13,15H2,1H3. The van der Waals surface area contributed by atoms with Crippen LogP contribution in [0.3, 0.4) is 0 Å². The van der Waals surface area contributed by atoms with E-state index in [2.05, 4.69) is 10.1 Å². The maximum Gasteiger partial charge on any atom is 0.295 e. The lowest BCUT2D eigenvalue weighted by molar-refractivity contribution is -0.130. The summed E-state index contributed by atoms with van der Waals surface area (Å²) in [6.07, 6.45) is 4.76. The van der Waals surface area contributed by atoms with Gasteiger partial charge in [0.25, 0.3) is 17.6 Å². The predicted molar refractivity (Wildman–Crippen MR) is 109 cm³/mol. The van der Waals surface area contributed by atoms with Crippen LogP contribution in [-0.4, -0.2) is 67.8 Å². The fourth-order valence-electron chi connectivity index (χ4n) is 3.52. The lowest BCUT2D eigenvalue weighted by Gasteiger charge is -2.39. The number of aromatic nitrogens is 3. The van der Waals surface area contributed by atoms with Gasteiger partial charge in [0.1, 0.15) is 0 Å². The highest BCUT2D eigenvalue weighted by Gasteiger charge is 2.33. The van der Waals surface area contributed by atoms with E-state index >= 15 is 0 Å². The van der Waals surface area contributed by atoms with Crippen LogP contribution in [0.5, 0.6) is 0 Å². The van der Waals surface area contributed by atoms with E-state index in [9.17, 15) is 14.4 Å². The Morgan fingerprint density at radius 1 is 0.967 bits per heavy atom. The number of carbonyl (C=O) groups is 3. The molecule has 2 aromatic heterocycles. The van der Waals surface area contributed by atoms with Gasteiger partial charge in [-0.05, 0) is 37.3 Å². The molecule has 2 amide bonds. The van der Waals surface area contributed by atoms with E-state index in [1.165, 1.54) is 11.1 Å². The Bertz CT molecular complexity index is 1050. The zero-order valence-corrected chi connectivity index (χ0v) is 16.5. The summed E-state index contributed by atoms with van der Waals surface area (Å²) in [6, 6.07) is 13.8. The molecule has 0 radical (unpaired) electrons. The van der Waals surface area contributed by atoms with E-state index in [4.69, 9.17) is 0 Å². The van der Waals surface area contributed by atoms with Crippen molar-refractivity contribution in [3.8, 4) is 5.82 Å². The van der Waals surface area contributed by atoms with Gasteiger partial charge in [-0.25, -0.2) is 9.67 Å². The van der Waals surface area contributed by atoms with Crippen LogP contribution in [0.1, 0.15) is 27.6 Å². The maximum atomic E-state index is 12.8. The van der Waals surface area contributed by atoms with Crippen molar-refractivity contribution in [1.29, 1.82) is 0 Å². The van der Waals surface area contributed by atoms with Crippen LogP contribution >= 0.6 is 0 Å². The first kappa shape index (κ1) is 19.5. The number of rotatable bonds is 4. The third kappa shape index (κ3) is 3.84. The summed E-state index contributed by atoms with van der Waals surface area (Å²) in [4.78, 5) is 45.6. The van der Waals surface area contributed by atoms with E-state index < -0.39 is 11.7 Å². The fourth-order valence-corrected chi connectivity index (χ4v) is 3.52. The van der Waals surface area contributed by atoms with Crippen molar-refractivity contribution in [1.82, 2.24) is 24.6 Å². The predicted octanol–water partition coefficient (Wildman–Crippen LogP) is 1.82. The molecule has 3 heterocycles. The summed E-state index contributed by atoms with van der Waals surface area (Å²) in [5, 5.41) is 4.08. The Kier molecular flexibility index (Phi) is 5.38. The first-order chi connectivity index (χ1) is 14.5. The van der Waals surface area contributed by atoms with Gasteiger partial charge in [0.2, 0.25) is 0 Å². The molecular formula is C22H21N5O3. The highest BCUT2D eigenvalue weighted by molar-refractivity contribution is 6.42. The second kappa shape index (κ2) is 8.28. The quantitative estimate of drug-likeness (QED) is 0.490. The van der Waals surface area contributed by atoms with Crippen molar-refractivity contribution in [3.05, 3.63) is 78.2 Å². The molecule has 1 aromatic carbocycles. The minimum Gasteiger partial charge on any atom is -0.335 e. The molecule has 3 aromatic rings. The number of hydrogen-bond acceptors (Lipinski definition) is 5. The molecule has 1 aliphatic rings. The van der Waals surface area contributed by atoms with Crippen LogP contribution < -0.4 is 0 Å². The second-order valence-corrected chi connectivity index (χ2v) is 7.15. The molecule has 1 saturated heterocycles. The highest BCUT2D eigenvalue weighted by Crippen LogP contribution is 2.15. The smallest absolute Gasteiger partial charge is 0.295 e. The minimum absolute atomic E-state index is 0.0701. The molecule has 1 atom stereocenters. The summed E-state index contributed by atoms with van der Waals surface area (Å²) >= 11 is 0. The van der Waals surface area contributed by atoms with Gasteiger partial charge in [-0.2, -0.15) is 5.10 Å². The van der Waals surface area contributed by atoms with Gasteiger partial charge in [-0.3, -0.25) is 14.4 Å². The fraction of sp³-hybridized carbons (Fsp3) is 0.227. The number of benzene rings is 1. The first-order valence-corrected chi connectivity index (χ1v) is 9.70. The van der Waals surface area contributed by atoms with E-state index in [1.54, 1.807) is 52.3 Å². The van der Waals surface area contributed by atoms with Gasteiger partial charge in [0.15, 0.2) is 5.82 Å². The Morgan fingerprint density at radius 2 is 1.77 bits per heavy atom. The number of Topliss-reactive ketones (excluding diaryl/α,β-unsaturated/α-hetero) is 1. The van der Waals surface area contributed by atoms with Gasteiger partial charge in [0.05, 0.1) is 0 Å². The Morgan fingerprint density at radius 3 is 2.40 bits per heavy atom. The largest absolute Gasteiger partial charge is 0.335 e. The third-order valence-electron chi connectivity index (χ3n) is 5.14.